The zero-order valence-electron chi connectivity index (χ0n) is 10.9. The lowest BCUT2D eigenvalue weighted by atomic mass is 9.80. The first-order valence-corrected chi connectivity index (χ1v) is 6.37. The molecule has 0 aromatic heterocycles. The zero-order valence-corrected chi connectivity index (χ0v) is 10.9. The summed E-state index contributed by atoms with van der Waals surface area (Å²) in [6.45, 7) is 2.05. The Kier molecular flexibility index (Phi) is 3.75. The third kappa shape index (κ3) is 2.42. The van der Waals surface area contributed by atoms with Gasteiger partial charge in [-0.15, -0.1) is 0 Å². The van der Waals surface area contributed by atoms with Crippen LogP contribution in [0.4, 0.5) is 5.69 Å². The Morgan fingerprint density at radius 2 is 2.22 bits per heavy atom. The van der Waals surface area contributed by atoms with E-state index in [1.165, 1.54) is 19.3 Å². The van der Waals surface area contributed by atoms with Crippen LogP contribution in [0, 0.1) is 5.92 Å². The molecule has 0 bridgehead atoms. The van der Waals surface area contributed by atoms with E-state index >= 15 is 0 Å². The number of methoxy groups -OCH3 is 1. The first-order chi connectivity index (χ1) is 8.63. The SMILES string of the molecule is COc1cccc(N)c1C(=O)NC(C)C1CCC1. The summed E-state index contributed by atoms with van der Waals surface area (Å²) in [7, 11) is 1.54. The highest BCUT2D eigenvalue weighted by molar-refractivity contribution is 6.02. The first-order valence-electron chi connectivity index (χ1n) is 6.37. The predicted octanol–water partition coefficient (Wildman–Crippen LogP) is 2.20. The van der Waals surface area contributed by atoms with E-state index in [1.54, 1.807) is 25.3 Å². The number of nitrogen functional groups attached to an aromatic ring is 1. The highest BCUT2D eigenvalue weighted by atomic mass is 16.5. The fourth-order valence-electron chi connectivity index (χ4n) is 2.30. The molecule has 0 radical (unpaired) electrons. The van der Waals surface area contributed by atoms with Crippen LogP contribution in [0.1, 0.15) is 36.5 Å². The second-order valence-corrected chi connectivity index (χ2v) is 4.88. The van der Waals surface area contributed by atoms with E-state index in [1.807, 2.05) is 6.92 Å². The zero-order chi connectivity index (χ0) is 13.1. The summed E-state index contributed by atoms with van der Waals surface area (Å²) in [4.78, 5) is 12.2. The number of carbonyl (C=O) groups excluding carboxylic acids is 1. The molecule has 98 valence electrons. The molecule has 1 amide bonds. The third-order valence-corrected chi connectivity index (χ3v) is 3.72. The maximum Gasteiger partial charge on any atom is 0.257 e. The summed E-state index contributed by atoms with van der Waals surface area (Å²) in [6, 6.07) is 5.43. The van der Waals surface area contributed by atoms with Gasteiger partial charge in [0.25, 0.3) is 5.91 Å². The van der Waals surface area contributed by atoms with Gasteiger partial charge in [0.2, 0.25) is 0 Å². The van der Waals surface area contributed by atoms with Crippen molar-refractivity contribution in [3.63, 3.8) is 0 Å². The molecule has 1 fully saturated rings. The Balaban J connectivity index is 2.12. The largest absolute Gasteiger partial charge is 0.496 e. The number of nitrogens with two attached hydrogens (primary N) is 1. The van der Waals surface area contributed by atoms with Gasteiger partial charge in [-0.05, 0) is 37.8 Å². The topological polar surface area (TPSA) is 64.3 Å². The molecule has 4 heteroatoms. The monoisotopic (exact) mass is 248 g/mol. The number of ether oxygens (including phenoxy) is 1. The number of nitrogens with one attached hydrogen (secondary N) is 1. The fourth-order valence-corrected chi connectivity index (χ4v) is 2.30. The highest BCUT2D eigenvalue weighted by Gasteiger charge is 2.26. The van der Waals surface area contributed by atoms with Crippen molar-refractivity contribution in [1.82, 2.24) is 5.32 Å². The highest BCUT2D eigenvalue weighted by Crippen LogP contribution is 2.30. The number of rotatable bonds is 4. The lowest BCUT2D eigenvalue weighted by Crippen LogP contribution is -2.41. The van der Waals surface area contributed by atoms with E-state index in [0.717, 1.165) is 0 Å². The van der Waals surface area contributed by atoms with Gasteiger partial charge >= 0.3 is 0 Å². The molecular formula is C14H20N2O2. The van der Waals surface area contributed by atoms with Crippen molar-refractivity contribution in [2.75, 3.05) is 12.8 Å². The number of carbonyl (C=O) groups is 1. The van der Waals surface area contributed by atoms with Crippen molar-refractivity contribution >= 4 is 11.6 Å². The van der Waals surface area contributed by atoms with Crippen LogP contribution in [0.15, 0.2) is 18.2 Å². The molecule has 3 N–H and O–H groups in total. The lowest BCUT2D eigenvalue weighted by molar-refractivity contribution is 0.0907. The second-order valence-electron chi connectivity index (χ2n) is 4.88. The lowest BCUT2D eigenvalue weighted by Gasteiger charge is -2.32. The smallest absolute Gasteiger partial charge is 0.257 e. The van der Waals surface area contributed by atoms with Gasteiger partial charge in [-0.3, -0.25) is 4.79 Å². The van der Waals surface area contributed by atoms with Crippen LogP contribution in [0.2, 0.25) is 0 Å². The molecule has 1 unspecified atom stereocenters. The molecule has 0 heterocycles. The molecule has 1 aromatic carbocycles. The minimum atomic E-state index is -0.149. The van der Waals surface area contributed by atoms with E-state index in [0.29, 0.717) is 22.9 Å². The van der Waals surface area contributed by atoms with E-state index in [9.17, 15) is 4.79 Å². The average Bonchev–Trinajstić information content (AvgIpc) is 2.25. The van der Waals surface area contributed by atoms with E-state index in [4.69, 9.17) is 10.5 Å². The van der Waals surface area contributed by atoms with Crippen molar-refractivity contribution in [3.05, 3.63) is 23.8 Å². The Morgan fingerprint density at radius 3 is 2.78 bits per heavy atom. The van der Waals surface area contributed by atoms with Crippen LogP contribution in [-0.4, -0.2) is 19.1 Å². The molecule has 0 aliphatic heterocycles. The molecule has 1 aromatic rings. The average molecular weight is 248 g/mol. The Labute approximate surface area is 108 Å². The summed E-state index contributed by atoms with van der Waals surface area (Å²) in [5, 5.41) is 3.01. The minimum absolute atomic E-state index is 0.149. The van der Waals surface area contributed by atoms with Crippen LogP contribution in [-0.2, 0) is 0 Å². The van der Waals surface area contributed by atoms with E-state index < -0.39 is 0 Å². The van der Waals surface area contributed by atoms with E-state index in [-0.39, 0.29) is 11.9 Å². The van der Waals surface area contributed by atoms with Crippen LogP contribution >= 0.6 is 0 Å². The molecule has 2 rings (SSSR count). The molecule has 0 spiro atoms. The molecule has 0 saturated heterocycles. The van der Waals surface area contributed by atoms with E-state index in [2.05, 4.69) is 5.32 Å². The van der Waals surface area contributed by atoms with Gasteiger partial charge in [-0.1, -0.05) is 12.5 Å². The van der Waals surface area contributed by atoms with Gasteiger partial charge in [0.05, 0.1) is 7.11 Å². The third-order valence-electron chi connectivity index (χ3n) is 3.72. The normalized spacial score (nSPS) is 16.8. The van der Waals surface area contributed by atoms with Gasteiger partial charge in [0.15, 0.2) is 0 Å². The second kappa shape index (κ2) is 5.29. The molecule has 18 heavy (non-hydrogen) atoms. The Bertz CT molecular complexity index is 441. The Hall–Kier alpha value is -1.71. The minimum Gasteiger partial charge on any atom is -0.496 e. The Morgan fingerprint density at radius 1 is 1.50 bits per heavy atom. The van der Waals surface area contributed by atoms with Gasteiger partial charge < -0.3 is 15.8 Å². The quantitative estimate of drug-likeness (QED) is 0.803. The van der Waals surface area contributed by atoms with Gasteiger partial charge in [-0.2, -0.15) is 0 Å². The number of hydrogen-bond donors (Lipinski definition) is 2. The number of hydrogen-bond acceptors (Lipinski definition) is 3. The van der Waals surface area contributed by atoms with Crippen LogP contribution < -0.4 is 15.8 Å². The molecule has 4 nitrogen and oxygen atoms in total. The predicted molar refractivity (Wildman–Crippen MR) is 71.7 cm³/mol. The van der Waals surface area contributed by atoms with Crippen molar-refractivity contribution in [3.8, 4) is 5.75 Å². The molecule has 1 saturated carbocycles. The van der Waals surface area contributed by atoms with Gasteiger partial charge in [0.1, 0.15) is 11.3 Å². The van der Waals surface area contributed by atoms with Crippen molar-refractivity contribution < 1.29 is 9.53 Å². The van der Waals surface area contributed by atoms with Gasteiger partial charge in [-0.25, -0.2) is 0 Å². The number of anilines is 1. The summed E-state index contributed by atoms with van der Waals surface area (Å²) >= 11 is 0. The standard InChI is InChI=1S/C14H20N2O2/c1-9(10-5-3-6-10)16-14(17)13-11(15)7-4-8-12(13)18-2/h4,7-10H,3,5-6,15H2,1-2H3,(H,16,17). The van der Waals surface area contributed by atoms with Crippen molar-refractivity contribution in [2.45, 2.75) is 32.2 Å². The first kappa shape index (κ1) is 12.7. The van der Waals surface area contributed by atoms with Crippen LogP contribution in [0.5, 0.6) is 5.75 Å². The molecule has 1 aliphatic rings. The molecule has 1 atom stereocenters. The number of amides is 1. The summed E-state index contributed by atoms with van der Waals surface area (Å²) < 4.78 is 5.19. The maximum atomic E-state index is 12.2. The summed E-state index contributed by atoms with van der Waals surface area (Å²) in [6.07, 6.45) is 3.66. The fraction of sp³-hybridized carbons (Fsp3) is 0.500. The van der Waals surface area contributed by atoms with Gasteiger partial charge in [0, 0.05) is 11.7 Å². The maximum absolute atomic E-state index is 12.2. The summed E-state index contributed by atoms with van der Waals surface area (Å²) in [5.74, 6) is 0.975. The summed E-state index contributed by atoms with van der Waals surface area (Å²) in [5.41, 5.74) is 6.74. The van der Waals surface area contributed by atoms with Crippen LogP contribution in [0.25, 0.3) is 0 Å². The molecule has 1 aliphatic carbocycles. The van der Waals surface area contributed by atoms with Crippen molar-refractivity contribution in [2.24, 2.45) is 5.92 Å². The number of benzene rings is 1. The van der Waals surface area contributed by atoms with Crippen LogP contribution in [0.3, 0.4) is 0 Å². The van der Waals surface area contributed by atoms with Crippen molar-refractivity contribution in [1.29, 1.82) is 0 Å². The molecular weight excluding hydrogens is 228 g/mol.